The Morgan fingerprint density at radius 1 is 1.60 bits per heavy atom. The van der Waals surface area contributed by atoms with Crippen LogP contribution in [0, 0.1) is 0 Å². The molecule has 0 atom stereocenters. The minimum atomic E-state index is -4.26. The Morgan fingerprint density at radius 2 is 2.20 bits per heavy atom. The maximum atomic E-state index is 9.89. The van der Waals surface area contributed by atoms with E-state index in [1.807, 2.05) is 6.92 Å². The van der Waals surface area contributed by atoms with Gasteiger partial charge in [0.2, 0.25) is 0 Å². The Hall–Kier alpha value is -0.170. The second-order valence-corrected chi connectivity index (χ2v) is 2.60. The minimum Gasteiger partial charge on any atom is -0.264 e. The van der Waals surface area contributed by atoms with E-state index in [0.717, 1.165) is 0 Å². The third-order valence-electron chi connectivity index (χ3n) is 0.705. The molecule has 0 aromatic heterocycles. The van der Waals surface area contributed by atoms with E-state index >= 15 is 0 Å². The number of rotatable bonds is 5. The molecule has 10 heavy (non-hydrogen) atoms. The van der Waals surface area contributed by atoms with Gasteiger partial charge in [-0.2, -0.15) is 8.42 Å². The highest BCUT2D eigenvalue weighted by molar-refractivity contribution is 7.80. The van der Waals surface area contributed by atoms with Gasteiger partial charge in [0.1, 0.15) is 0 Å². The van der Waals surface area contributed by atoms with Crippen molar-refractivity contribution in [3.63, 3.8) is 0 Å². The van der Waals surface area contributed by atoms with Gasteiger partial charge in [0.05, 0.1) is 6.61 Å². The molecule has 0 aliphatic heterocycles. The first-order chi connectivity index (χ1) is 4.56. The Labute approximate surface area is 60.3 Å². The topological polar surface area (TPSA) is 77.7 Å². The summed E-state index contributed by atoms with van der Waals surface area (Å²) in [4.78, 5) is 0. The van der Waals surface area contributed by atoms with Crippen LogP contribution < -0.4 is 5.32 Å². The van der Waals surface area contributed by atoms with E-state index in [2.05, 4.69) is 9.50 Å². The fourth-order valence-electron chi connectivity index (χ4n) is 0.365. The normalized spacial score (nSPS) is 11.8. The Kier molecular flexibility index (Phi) is 4.54. The SMILES string of the molecule is CC[N]CCOS(=O)(=O)O. The molecule has 6 heteroatoms. The van der Waals surface area contributed by atoms with E-state index in [9.17, 15) is 8.42 Å². The average molecular weight is 168 g/mol. The monoisotopic (exact) mass is 168 g/mol. The van der Waals surface area contributed by atoms with Crippen LogP contribution in [0.15, 0.2) is 0 Å². The lowest BCUT2D eigenvalue weighted by Crippen LogP contribution is -2.15. The molecule has 0 bridgehead atoms. The van der Waals surface area contributed by atoms with Crippen LogP contribution in [0.2, 0.25) is 0 Å². The Morgan fingerprint density at radius 3 is 2.60 bits per heavy atom. The summed E-state index contributed by atoms with van der Waals surface area (Å²) < 4.78 is 31.8. The van der Waals surface area contributed by atoms with Crippen molar-refractivity contribution in [3.05, 3.63) is 0 Å². The summed E-state index contributed by atoms with van der Waals surface area (Å²) >= 11 is 0. The molecule has 1 radical (unpaired) electrons. The van der Waals surface area contributed by atoms with Gasteiger partial charge in [-0.3, -0.25) is 4.55 Å². The zero-order valence-electron chi connectivity index (χ0n) is 5.65. The fourth-order valence-corrected chi connectivity index (χ4v) is 0.650. The van der Waals surface area contributed by atoms with Crippen LogP contribution in [0.4, 0.5) is 0 Å². The molecule has 0 rings (SSSR count). The van der Waals surface area contributed by atoms with E-state index in [0.29, 0.717) is 6.54 Å². The first-order valence-corrected chi connectivity index (χ1v) is 4.18. The summed E-state index contributed by atoms with van der Waals surface area (Å²) in [5, 5.41) is 3.77. The van der Waals surface area contributed by atoms with Crippen LogP contribution in [0.3, 0.4) is 0 Å². The highest BCUT2D eigenvalue weighted by Crippen LogP contribution is 1.83. The zero-order chi connectivity index (χ0) is 8.04. The summed E-state index contributed by atoms with van der Waals surface area (Å²) in [5.74, 6) is 0. The van der Waals surface area contributed by atoms with E-state index in [1.165, 1.54) is 0 Å². The van der Waals surface area contributed by atoms with Gasteiger partial charge >= 0.3 is 10.4 Å². The second kappa shape index (κ2) is 4.62. The smallest absolute Gasteiger partial charge is 0.264 e. The third kappa shape index (κ3) is 7.83. The molecule has 1 N–H and O–H groups in total. The molecule has 0 heterocycles. The fraction of sp³-hybridized carbons (Fsp3) is 1.00. The third-order valence-corrected chi connectivity index (χ3v) is 1.17. The molecular weight excluding hydrogens is 158 g/mol. The number of hydrogen-bond donors (Lipinski definition) is 1. The lowest BCUT2D eigenvalue weighted by atomic mass is 10.6. The van der Waals surface area contributed by atoms with Gasteiger partial charge < -0.3 is 0 Å². The van der Waals surface area contributed by atoms with Gasteiger partial charge in [0, 0.05) is 13.1 Å². The molecule has 0 spiro atoms. The van der Waals surface area contributed by atoms with Gasteiger partial charge in [-0.05, 0) is 0 Å². The molecule has 0 saturated heterocycles. The predicted molar refractivity (Wildman–Crippen MR) is 35.0 cm³/mol. The van der Waals surface area contributed by atoms with Crippen LogP contribution in [-0.4, -0.2) is 32.7 Å². The molecule has 0 unspecified atom stereocenters. The van der Waals surface area contributed by atoms with Crippen molar-refractivity contribution in [2.45, 2.75) is 6.92 Å². The second-order valence-electron chi connectivity index (χ2n) is 1.51. The van der Waals surface area contributed by atoms with Crippen molar-refractivity contribution in [3.8, 4) is 0 Å². The number of likely N-dealkylation sites (N-methyl/N-ethyl adjacent to an activating group) is 1. The molecule has 0 amide bonds. The summed E-state index contributed by atoms with van der Waals surface area (Å²) in [7, 11) is -4.26. The molecule has 61 valence electrons. The van der Waals surface area contributed by atoms with E-state index in [-0.39, 0.29) is 13.2 Å². The van der Waals surface area contributed by atoms with Crippen molar-refractivity contribution < 1.29 is 17.2 Å². The first kappa shape index (κ1) is 9.83. The van der Waals surface area contributed by atoms with Gasteiger partial charge in [0.25, 0.3) is 0 Å². The van der Waals surface area contributed by atoms with Gasteiger partial charge in [-0.1, -0.05) is 6.92 Å². The van der Waals surface area contributed by atoms with Gasteiger partial charge in [-0.25, -0.2) is 9.50 Å². The van der Waals surface area contributed by atoms with Crippen molar-refractivity contribution in [2.24, 2.45) is 0 Å². The summed E-state index contributed by atoms with van der Waals surface area (Å²) in [6.07, 6.45) is 0. The Balaban J connectivity index is 3.21. The minimum absolute atomic E-state index is 0.0906. The molecule has 0 aliphatic carbocycles. The summed E-state index contributed by atoms with van der Waals surface area (Å²) in [6.45, 7) is 2.64. The van der Waals surface area contributed by atoms with Crippen LogP contribution in [0.25, 0.3) is 0 Å². The lowest BCUT2D eigenvalue weighted by molar-refractivity contribution is 0.267. The summed E-state index contributed by atoms with van der Waals surface area (Å²) in [5.41, 5.74) is 0. The lowest BCUT2D eigenvalue weighted by Gasteiger charge is -1.97. The molecule has 0 aromatic rings. The maximum absolute atomic E-state index is 9.89. The molecule has 5 nitrogen and oxygen atoms in total. The zero-order valence-corrected chi connectivity index (χ0v) is 6.47. The van der Waals surface area contributed by atoms with Gasteiger partial charge in [0.15, 0.2) is 0 Å². The number of hydrogen-bond acceptors (Lipinski definition) is 3. The van der Waals surface area contributed by atoms with Gasteiger partial charge in [-0.15, -0.1) is 0 Å². The molecular formula is C4H10NO4S. The summed E-state index contributed by atoms with van der Waals surface area (Å²) in [6, 6.07) is 0. The van der Waals surface area contributed by atoms with E-state index in [1.54, 1.807) is 0 Å². The molecule has 0 fully saturated rings. The van der Waals surface area contributed by atoms with Crippen molar-refractivity contribution >= 4 is 10.4 Å². The highest BCUT2D eigenvalue weighted by Gasteiger charge is 2.01. The predicted octanol–water partition coefficient (Wildman–Crippen LogP) is -0.570. The average Bonchev–Trinajstić information content (AvgIpc) is 1.78. The van der Waals surface area contributed by atoms with Crippen molar-refractivity contribution in [1.29, 1.82) is 0 Å². The van der Waals surface area contributed by atoms with Crippen LogP contribution >= 0.6 is 0 Å². The highest BCUT2D eigenvalue weighted by atomic mass is 32.3. The molecule has 0 saturated carbocycles. The van der Waals surface area contributed by atoms with Crippen molar-refractivity contribution in [2.75, 3.05) is 19.7 Å². The van der Waals surface area contributed by atoms with E-state index < -0.39 is 10.4 Å². The van der Waals surface area contributed by atoms with Crippen LogP contribution in [-0.2, 0) is 14.6 Å². The van der Waals surface area contributed by atoms with E-state index in [4.69, 9.17) is 4.55 Å². The van der Waals surface area contributed by atoms with Crippen molar-refractivity contribution in [1.82, 2.24) is 5.32 Å². The van der Waals surface area contributed by atoms with Crippen LogP contribution in [0.1, 0.15) is 6.92 Å². The molecule has 0 aromatic carbocycles. The first-order valence-electron chi connectivity index (χ1n) is 2.81. The largest absolute Gasteiger partial charge is 0.397 e. The maximum Gasteiger partial charge on any atom is 0.397 e. The quantitative estimate of drug-likeness (QED) is 0.440. The van der Waals surface area contributed by atoms with Crippen LogP contribution in [0.5, 0.6) is 0 Å². The standard InChI is InChI=1S/C4H10NO4S/c1-2-5-3-4-9-10(6,7)8/h2-4H2,1H3,(H,6,7,8). The molecule has 0 aliphatic rings. The Bertz CT molecular complexity index is 164. The number of nitrogens with zero attached hydrogens (tertiary/aromatic N) is 1.